The summed E-state index contributed by atoms with van der Waals surface area (Å²) in [6.45, 7) is 1.88. The molecule has 1 aliphatic carbocycles. The van der Waals surface area contributed by atoms with Crippen LogP contribution in [0, 0.1) is 0 Å². The topological polar surface area (TPSA) is 26.3 Å². The molecule has 2 heteroatoms. The average molecular weight is 156 g/mol. The molecule has 0 aliphatic heterocycles. The monoisotopic (exact) mass is 156 g/mol. The largest absolute Gasteiger partial charge is 0.370 e. The van der Waals surface area contributed by atoms with Gasteiger partial charge in [0.25, 0.3) is 0 Å². The lowest BCUT2D eigenvalue weighted by Crippen LogP contribution is -2.19. The molecule has 0 bridgehead atoms. The smallest absolute Gasteiger partial charge is 0.155 e. The molecule has 0 saturated heterocycles. The van der Waals surface area contributed by atoms with E-state index >= 15 is 0 Å². The second kappa shape index (κ2) is 4.50. The van der Waals surface area contributed by atoms with Crippen LogP contribution in [0.2, 0.25) is 0 Å². The number of hydrogen-bond acceptors (Lipinski definition) is 2. The van der Waals surface area contributed by atoms with Gasteiger partial charge in [-0.3, -0.25) is 4.79 Å². The summed E-state index contributed by atoms with van der Waals surface area (Å²) in [5, 5.41) is 0. The Morgan fingerprint density at radius 3 is 2.55 bits per heavy atom. The van der Waals surface area contributed by atoms with Crippen molar-refractivity contribution in [2.45, 2.75) is 45.1 Å². The van der Waals surface area contributed by atoms with Gasteiger partial charge in [-0.25, -0.2) is 0 Å². The number of rotatable bonds is 3. The Morgan fingerprint density at radius 1 is 1.36 bits per heavy atom. The Bertz CT molecular complexity index is 126. The Balaban J connectivity index is 2.09. The number of hydrogen-bond donors (Lipinski definition) is 0. The number of carbonyl (C=O) groups is 1. The van der Waals surface area contributed by atoms with Crippen molar-refractivity contribution in [3.63, 3.8) is 0 Å². The molecule has 1 aliphatic rings. The van der Waals surface area contributed by atoms with Crippen molar-refractivity contribution in [2.24, 2.45) is 0 Å². The lowest BCUT2D eigenvalue weighted by Gasteiger charge is -2.21. The quantitative estimate of drug-likeness (QED) is 0.624. The van der Waals surface area contributed by atoms with E-state index in [2.05, 4.69) is 0 Å². The highest BCUT2D eigenvalue weighted by Crippen LogP contribution is 2.19. The first-order valence-corrected chi connectivity index (χ1v) is 4.40. The highest BCUT2D eigenvalue weighted by atomic mass is 16.5. The van der Waals surface area contributed by atoms with Gasteiger partial charge in [-0.15, -0.1) is 0 Å². The van der Waals surface area contributed by atoms with Crippen LogP contribution in [0.25, 0.3) is 0 Å². The molecule has 0 aromatic rings. The SMILES string of the molecule is CC(=O)COC1CCCCC1. The summed E-state index contributed by atoms with van der Waals surface area (Å²) in [7, 11) is 0. The van der Waals surface area contributed by atoms with Crippen molar-refractivity contribution in [3.8, 4) is 0 Å². The number of Topliss-reactive ketones (excluding diaryl/α,β-unsaturated/α-hetero) is 1. The van der Waals surface area contributed by atoms with Crippen LogP contribution in [0.5, 0.6) is 0 Å². The maximum atomic E-state index is 10.6. The molecule has 64 valence electrons. The first kappa shape index (κ1) is 8.72. The zero-order valence-electron chi connectivity index (χ0n) is 7.14. The van der Waals surface area contributed by atoms with E-state index in [1.807, 2.05) is 0 Å². The standard InChI is InChI=1S/C9H16O2/c1-8(10)7-11-9-5-3-2-4-6-9/h9H,2-7H2,1H3. The van der Waals surface area contributed by atoms with Gasteiger partial charge < -0.3 is 4.74 Å². The van der Waals surface area contributed by atoms with E-state index in [1.54, 1.807) is 6.92 Å². The number of carbonyl (C=O) groups excluding carboxylic acids is 1. The number of ether oxygens (including phenoxy) is 1. The third-order valence-corrected chi connectivity index (χ3v) is 2.07. The molecule has 11 heavy (non-hydrogen) atoms. The molecule has 2 nitrogen and oxygen atoms in total. The fraction of sp³-hybridized carbons (Fsp3) is 0.889. The van der Waals surface area contributed by atoms with Gasteiger partial charge in [-0.2, -0.15) is 0 Å². The minimum atomic E-state index is 0.135. The summed E-state index contributed by atoms with van der Waals surface area (Å²) in [5.74, 6) is 0.135. The highest BCUT2D eigenvalue weighted by Gasteiger charge is 2.13. The first-order valence-electron chi connectivity index (χ1n) is 4.40. The molecule has 1 saturated carbocycles. The van der Waals surface area contributed by atoms with Crippen molar-refractivity contribution in [2.75, 3.05) is 6.61 Å². The van der Waals surface area contributed by atoms with Crippen molar-refractivity contribution in [3.05, 3.63) is 0 Å². The lowest BCUT2D eigenvalue weighted by molar-refractivity contribution is -0.124. The molecule has 0 aromatic heterocycles. The van der Waals surface area contributed by atoms with Crippen LogP contribution in [0.15, 0.2) is 0 Å². The zero-order valence-corrected chi connectivity index (χ0v) is 7.14. The van der Waals surface area contributed by atoms with E-state index in [9.17, 15) is 4.79 Å². The van der Waals surface area contributed by atoms with Crippen molar-refractivity contribution < 1.29 is 9.53 Å². The summed E-state index contributed by atoms with van der Waals surface area (Å²) in [5.41, 5.74) is 0. The average Bonchev–Trinajstić information content (AvgIpc) is 2.03. The third-order valence-electron chi connectivity index (χ3n) is 2.07. The van der Waals surface area contributed by atoms with Crippen LogP contribution < -0.4 is 0 Å². The molecule has 0 aromatic carbocycles. The normalized spacial score (nSPS) is 20.1. The lowest BCUT2D eigenvalue weighted by atomic mass is 9.98. The molecule has 0 radical (unpaired) electrons. The van der Waals surface area contributed by atoms with E-state index in [0.29, 0.717) is 12.7 Å². The second-order valence-corrected chi connectivity index (χ2v) is 3.27. The van der Waals surface area contributed by atoms with Crippen molar-refractivity contribution >= 4 is 5.78 Å². The van der Waals surface area contributed by atoms with E-state index in [1.165, 1.54) is 19.3 Å². The summed E-state index contributed by atoms with van der Waals surface area (Å²) in [6.07, 6.45) is 6.53. The summed E-state index contributed by atoms with van der Waals surface area (Å²) in [6, 6.07) is 0. The van der Waals surface area contributed by atoms with Gasteiger partial charge in [-0.05, 0) is 19.8 Å². The molecule has 0 heterocycles. The highest BCUT2D eigenvalue weighted by molar-refractivity contribution is 5.76. The predicted octanol–water partition coefficient (Wildman–Crippen LogP) is 1.92. The van der Waals surface area contributed by atoms with Crippen LogP contribution >= 0.6 is 0 Å². The van der Waals surface area contributed by atoms with Crippen LogP contribution in [0.1, 0.15) is 39.0 Å². The third kappa shape index (κ3) is 3.51. The molecule has 0 spiro atoms. The summed E-state index contributed by atoms with van der Waals surface area (Å²) >= 11 is 0. The Kier molecular flexibility index (Phi) is 3.57. The van der Waals surface area contributed by atoms with E-state index in [0.717, 1.165) is 12.8 Å². The van der Waals surface area contributed by atoms with E-state index in [-0.39, 0.29) is 5.78 Å². The van der Waals surface area contributed by atoms with Crippen LogP contribution in [-0.4, -0.2) is 18.5 Å². The number of ketones is 1. The predicted molar refractivity (Wildman–Crippen MR) is 43.5 cm³/mol. The van der Waals surface area contributed by atoms with Crippen LogP contribution in [0.3, 0.4) is 0 Å². The van der Waals surface area contributed by atoms with Gasteiger partial charge in [0.15, 0.2) is 5.78 Å². The maximum absolute atomic E-state index is 10.6. The molecule has 0 N–H and O–H groups in total. The molecule has 1 rings (SSSR count). The van der Waals surface area contributed by atoms with Crippen molar-refractivity contribution in [1.82, 2.24) is 0 Å². The fourth-order valence-corrected chi connectivity index (χ4v) is 1.47. The fourth-order valence-electron chi connectivity index (χ4n) is 1.47. The van der Waals surface area contributed by atoms with Crippen LogP contribution in [-0.2, 0) is 9.53 Å². The molecule has 0 amide bonds. The molecular formula is C9H16O2. The van der Waals surface area contributed by atoms with Gasteiger partial charge in [0, 0.05) is 0 Å². The minimum absolute atomic E-state index is 0.135. The minimum Gasteiger partial charge on any atom is -0.370 e. The summed E-state index contributed by atoms with van der Waals surface area (Å²) in [4.78, 5) is 10.6. The van der Waals surface area contributed by atoms with Gasteiger partial charge in [0.05, 0.1) is 6.10 Å². The van der Waals surface area contributed by atoms with Gasteiger partial charge in [-0.1, -0.05) is 19.3 Å². The zero-order chi connectivity index (χ0) is 8.10. The van der Waals surface area contributed by atoms with E-state index < -0.39 is 0 Å². The Hall–Kier alpha value is -0.370. The second-order valence-electron chi connectivity index (χ2n) is 3.27. The molecule has 0 atom stereocenters. The molecule has 0 unspecified atom stereocenters. The van der Waals surface area contributed by atoms with Gasteiger partial charge >= 0.3 is 0 Å². The molecule has 1 fully saturated rings. The maximum Gasteiger partial charge on any atom is 0.155 e. The van der Waals surface area contributed by atoms with E-state index in [4.69, 9.17) is 4.74 Å². The Labute approximate surface area is 67.9 Å². The Morgan fingerprint density at radius 2 is 2.00 bits per heavy atom. The van der Waals surface area contributed by atoms with Gasteiger partial charge in [0.2, 0.25) is 0 Å². The van der Waals surface area contributed by atoms with Gasteiger partial charge in [0.1, 0.15) is 6.61 Å². The first-order chi connectivity index (χ1) is 5.29. The van der Waals surface area contributed by atoms with Crippen LogP contribution in [0.4, 0.5) is 0 Å². The summed E-state index contributed by atoms with van der Waals surface area (Å²) < 4.78 is 5.39. The molecular weight excluding hydrogens is 140 g/mol. The van der Waals surface area contributed by atoms with Crippen molar-refractivity contribution in [1.29, 1.82) is 0 Å².